The van der Waals surface area contributed by atoms with Crippen molar-refractivity contribution in [1.82, 2.24) is 14.8 Å². The number of nitrogens with zero attached hydrogens (tertiary/aromatic N) is 3. The van der Waals surface area contributed by atoms with Crippen LogP contribution < -0.4 is 20.1 Å². The van der Waals surface area contributed by atoms with Crippen LogP contribution in [0.2, 0.25) is 0 Å². The molecule has 0 aliphatic carbocycles. The van der Waals surface area contributed by atoms with Crippen LogP contribution in [0.15, 0.2) is 24.5 Å². The lowest BCUT2D eigenvalue weighted by molar-refractivity contribution is -0.125. The molecule has 0 fully saturated rings. The highest BCUT2D eigenvalue weighted by Crippen LogP contribution is 2.33. The van der Waals surface area contributed by atoms with E-state index < -0.39 is 6.04 Å². The molecule has 9 nitrogen and oxygen atoms in total. The zero-order valence-corrected chi connectivity index (χ0v) is 12.0. The molecule has 3 heterocycles. The second-order valence-corrected chi connectivity index (χ2v) is 5.14. The van der Waals surface area contributed by atoms with Gasteiger partial charge < -0.3 is 14.8 Å². The average molecular weight is 315 g/mol. The minimum absolute atomic E-state index is 0.00669. The van der Waals surface area contributed by atoms with Crippen molar-refractivity contribution >= 4 is 23.5 Å². The van der Waals surface area contributed by atoms with Crippen LogP contribution in [-0.4, -0.2) is 39.8 Å². The van der Waals surface area contributed by atoms with Crippen molar-refractivity contribution < 1.29 is 19.1 Å². The number of carbonyl (C=O) groups is 2. The smallest absolute Gasteiger partial charge is 0.249 e. The van der Waals surface area contributed by atoms with Gasteiger partial charge in [0.15, 0.2) is 11.5 Å². The summed E-state index contributed by atoms with van der Waals surface area (Å²) in [5.74, 6) is 0.876. The number of hydrogen-bond donors (Lipinski definition) is 2. The molecule has 2 N–H and O–H groups in total. The summed E-state index contributed by atoms with van der Waals surface area (Å²) in [6, 6.07) is 4.40. The third-order valence-corrected chi connectivity index (χ3v) is 3.61. The van der Waals surface area contributed by atoms with Crippen LogP contribution in [-0.2, 0) is 9.59 Å². The van der Waals surface area contributed by atoms with Crippen molar-refractivity contribution in [2.24, 2.45) is 0 Å². The number of fused-ring (bicyclic) bond motifs is 2. The first kappa shape index (κ1) is 13.6. The van der Waals surface area contributed by atoms with Crippen molar-refractivity contribution in [3.8, 4) is 11.5 Å². The number of nitrogens with one attached hydrogen (secondary N) is 2. The Morgan fingerprint density at radius 2 is 2.13 bits per heavy atom. The Morgan fingerprint density at radius 3 is 3.00 bits per heavy atom. The molecule has 2 aliphatic rings. The first-order valence-corrected chi connectivity index (χ1v) is 7.10. The molecule has 23 heavy (non-hydrogen) atoms. The Morgan fingerprint density at radius 1 is 1.30 bits per heavy atom. The van der Waals surface area contributed by atoms with Gasteiger partial charge in [-0.2, -0.15) is 10.1 Å². The van der Waals surface area contributed by atoms with Gasteiger partial charge in [-0.1, -0.05) is 0 Å². The molecule has 0 saturated heterocycles. The quantitative estimate of drug-likeness (QED) is 0.839. The van der Waals surface area contributed by atoms with E-state index in [0.29, 0.717) is 30.4 Å². The van der Waals surface area contributed by atoms with Gasteiger partial charge in [0, 0.05) is 11.8 Å². The monoisotopic (exact) mass is 315 g/mol. The number of ether oxygens (including phenoxy) is 2. The Hall–Kier alpha value is -3.10. The standard InChI is InChI=1S/C14H13N5O4/c20-12-6-9(19-14(18-12)15-7-16-19)13(21)17-8-1-2-10-11(5-8)23-4-3-22-10/h1-2,5,7,9H,3-4,6H2,(H,17,21)(H,15,16,18,20). The molecule has 0 saturated carbocycles. The van der Waals surface area contributed by atoms with E-state index >= 15 is 0 Å². The van der Waals surface area contributed by atoms with Crippen molar-refractivity contribution in [2.75, 3.05) is 23.8 Å². The van der Waals surface area contributed by atoms with Gasteiger partial charge >= 0.3 is 0 Å². The van der Waals surface area contributed by atoms with Crippen LogP contribution in [0.1, 0.15) is 12.5 Å². The highest BCUT2D eigenvalue weighted by atomic mass is 16.6. The third-order valence-electron chi connectivity index (χ3n) is 3.61. The second kappa shape index (κ2) is 5.27. The Bertz CT molecular complexity index is 787. The van der Waals surface area contributed by atoms with E-state index in [1.54, 1.807) is 18.2 Å². The number of aromatic nitrogens is 3. The third kappa shape index (κ3) is 2.45. The van der Waals surface area contributed by atoms with E-state index in [2.05, 4.69) is 20.7 Å². The van der Waals surface area contributed by atoms with E-state index in [1.807, 2.05) is 0 Å². The molecule has 1 atom stereocenters. The van der Waals surface area contributed by atoms with Gasteiger partial charge in [-0.25, -0.2) is 4.68 Å². The molecular formula is C14H13N5O4. The van der Waals surface area contributed by atoms with Gasteiger partial charge in [0.05, 0.1) is 6.42 Å². The van der Waals surface area contributed by atoms with Crippen molar-refractivity contribution in [3.63, 3.8) is 0 Å². The van der Waals surface area contributed by atoms with Gasteiger partial charge in [-0.15, -0.1) is 0 Å². The molecule has 4 rings (SSSR count). The van der Waals surface area contributed by atoms with E-state index in [-0.39, 0.29) is 24.2 Å². The van der Waals surface area contributed by atoms with Crippen molar-refractivity contribution in [3.05, 3.63) is 24.5 Å². The minimum atomic E-state index is -0.741. The molecule has 9 heteroatoms. The minimum Gasteiger partial charge on any atom is -0.486 e. The van der Waals surface area contributed by atoms with Gasteiger partial charge in [0.25, 0.3) is 0 Å². The summed E-state index contributed by atoms with van der Waals surface area (Å²) < 4.78 is 12.3. The molecule has 1 aromatic carbocycles. The number of carbonyl (C=O) groups excluding carboxylic acids is 2. The zero-order chi connectivity index (χ0) is 15.8. The van der Waals surface area contributed by atoms with Gasteiger partial charge in [0.1, 0.15) is 25.6 Å². The highest BCUT2D eigenvalue weighted by Gasteiger charge is 2.32. The first-order valence-electron chi connectivity index (χ1n) is 7.10. The lowest BCUT2D eigenvalue weighted by Crippen LogP contribution is -2.36. The normalized spacial score (nSPS) is 18.8. The topological polar surface area (TPSA) is 107 Å². The molecular weight excluding hydrogens is 302 g/mol. The molecule has 2 aliphatic heterocycles. The Labute approximate surface area is 130 Å². The predicted molar refractivity (Wildman–Crippen MR) is 78.4 cm³/mol. The molecule has 2 aromatic rings. The molecule has 118 valence electrons. The summed E-state index contributed by atoms with van der Waals surface area (Å²) in [6.07, 6.45) is 1.30. The largest absolute Gasteiger partial charge is 0.486 e. The number of rotatable bonds is 2. The zero-order valence-electron chi connectivity index (χ0n) is 12.0. The number of anilines is 2. The fourth-order valence-electron chi connectivity index (χ4n) is 2.56. The maximum absolute atomic E-state index is 12.5. The Balaban J connectivity index is 1.56. The molecule has 0 radical (unpaired) electrons. The van der Waals surface area contributed by atoms with Crippen LogP contribution in [0, 0.1) is 0 Å². The lowest BCUT2D eigenvalue weighted by Gasteiger charge is -2.23. The van der Waals surface area contributed by atoms with E-state index in [1.165, 1.54) is 11.0 Å². The summed E-state index contributed by atoms with van der Waals surface area (Å²) in [6.45, 7) is 0.973. The molecule has 2 amide bonds. The van der Waals surface area contributed by atoms with Crippen molar-refractivity contribution in [2.45, 2.75) is 12.5 Å². The van der Waals surface area contributed by atoms with Gasteiger partial charge in [-0.05, 0) is 12.1 Å². The number of hydrogen-bond acceptors (Lipinski definition) is 6. The van der Waals surface area contributed by atoms with Crippen LogP contribution >= 0.6 is 0 Å². The summed E-state index contributed by atoms with van der Waals surface area (Å²) >= 11 is 0. The van der Waals surface area contributed by atoms with Crippen LogP contribution in [0.5, 0.6) is 11.5 Å². The molecule has 0 spiro atoms. The van der Waals surface area contributed by atoms with Crippen molar-refractivity contribution in [1.29, 1.82) is 0 Å². The highest BCUT2D eigenvalue weighted by molar-refractivity contribution is 6.00. The van der Waals surface area contributed by atoms with Gasteiger partial charge in [-0.3, -0.25) is 14.9 Å². The fraction of sp³-hybridized carbons (Fsp3) is 0.286. The summed E-state index contributed by atoms with van der Waals surface area (Å²) in [4.78, 5) is 28.1. The number of amides is 2. The SMILES string of the molecule is O=C1CC(C(=O)Nc2ccc3c(c2)OCCO3)n2ncnc2N1. The lowest BCUT2D eigenvalue weighted by atomic mass is 10.1. The van der Waals surface area contributed by atoms with Crippen LogP contribution in [0.4, 0.5) is 11.6 Å². The maximum atomic E-state index is 12.5. The summed E-state index contributed by atoms with van der Waals surface area (Å²) in [5, 5.41) is 9.32. The van der Waals surface area contributed by atoms with E-state index in [4.69, 9.17) is 9.47 Å². The molecule has 1 unspecified atom stereocenters. The van der Waals surface area contributed by atoms with Crippen LogP contribution in [0.3, 0.4) is 0 Å². The summed E-state index contributed by atoms with van der Waals surface area (Å²) in [5.41, 5.74) is 0.562. The fourth-order valence-corrected chi connectivity index (χ4v) is 2.56. The number of benzene rings is 1. The summed E-state index contributed by atoms with van der Waals surface area (Å²) in [7, 11) is 0. The second-order valence-electron chi connectivity index (χ2n) is 5.14. The van der Waals surface area contributed by atoms with E-state index in [0.717, 1.165) is 0 Å². The van der Waals surface area contributed by atoms with Crippen LogP contribution in [0.25, 0.3) is 0 Å². The predicted octanol–water partition coefficient (Wildman–Crippen LogP) is 0.571. The maximum Gasteiger partial charge on any atom is 0.249 e. The van der Waals surface area contributed by atoms with E-state index in [9.17, 15) is 9.59 Å². The molecule has 1 aromatic heterocycles. The van der Waals surface area contributed by atoms with Gasteiger partial charge in [0.2, 0.25) is 17.8 Å². The first-order chi connectivity index (χ1) is 11.2. The average Bonchev–Trinajstić information content (AvgIpc) is 3.02. The molecule has 0 bridgehead atoms. The Kier molecular flexibility index (Phi) is 3.11.